The van der Waals surface area contributed by atoms with Crippen molar-refractivity contribution in [1.82, 2.24) is 5.01 Å². The summed E-state index contributed by atoms with van der Waals surface area (Å²) in [5.74, 6) is -2.69. The number of para-hydroxylation sites is 1. The van der Waals surface area contributed by atoms with E-state index in [0.717, 1.165) is 5.01 Å². The molecule has 0 saturated carbocycles. The molecule has 10 nitrogen and oxygen atoms in total. The monoisotopic (exact) mass is 424 g/mol. The SMILES string of the molecule is CCOC(=O)CN1N=C(C)C(=NNc2cccc(-c3cccc(C(=O)O)c3O)c2)C1=O. The van der Waals surface area contributed by atoms with Gasteiger partial charge < -0.3 is 14.9 Å². The Morgan fingerprint density at radius 3 is 2.68 bits per heavy atom. The van der Waals surface area contributed by atoms with Crippen molar-refractivity contribution < 1.29 is 29.3 Å². The van der Waals surface area contributed by atoms with Crippen molar-refractivity contribution in [2.45, 2.75) is 13.8 Å². The molecule has 3 rings (SSSR count). The fourth-order valence-corrected chi connectivity index (χ4v) is 2.94. The number of carboxylic acid groups (broad SMARTS) is 1. The van der Waals surface area contributed by atoms with Crippen LogP contribution in [0.5, 0.6) is 5.75 Å². The van der Waals surface area contributed by atoms with Crippen molar-refractivity contribution in [3.05, 3.63) is 48.0 Å². The third-order valence-electron chi connectivity index (χ3n) is 4.37. The summed E-state index contributed by atoms with van der Waals surface area (Å²) in [5, 5.41) is 28.6. The molecule has 0 unspecified atom stereocenters. The molecule has 2 aromatic carbocycles. The van der Waals surface area contributed by atoms with Gasteiger partial charge in [0.1, 0.15) is 17.9 Å². The van der Waals surface area contributed by atoms with Crippen LogP contribution < -0.4 is 5.43 Å². The summed E-state index contributed by atoms with van der Waals surface area (Å²) in [6, 6.07) is 11.2. The molecule has 2 aromatic rings. The predicted molar refractivity (Wildman–Crippen MR) is 113 cm³/mol. The van der Waals surface area contributed by atoms with Gasteiger partial charge in [-0.1, -0.05) is 24.3 Å². The van der Waals surface area contributed by atoms with Gasteiger partial charge in [0.2, 0.25) is 0 Å². The number of hydrogen-bond acceptors (Lipinski definition) is 8. The van der Waals surface area contributed by atoms with Crippen LogP contribution in [0.2, 0.25) is 0 Å². The summed E-state index contributed by atoms with van der Waals surface area (Å²) in [4.78, 5) is 35.3. The Kier molecular flexibility index (Phi) is 6.29. The number of benzene rings is 2. The number of esters is 1. The van der Waals surface area contributed by atoms with E-state index in [1.165, 1.54) is 12.1 Å². The van der Waals surface area contributed by atoms with Gasteiger partial charge >= 0.3 is 11.9 Å². The molecule has 1 heterocycles. The molecule has 0 radical (unpaired) electrons. The van der Waals surface area contributed by atoms with Crippen LogP contribution in [-0.4, -0.2) is 57.6 Å². The highest BCUT2D eigenvalue weighted by Crippen LogP contribution is 2.33. The molecule has 0 atom stereocenters. The summed E-state index contributed by atoms with van der Waals surface area (Å²) < 4.78 is 4.83. The zero-order valence-electron chi connectivity index (χ0n) is 16.8. The van der Waals surface area contributed by atoms with Crippen molar-refractivity contribution in [1.29, 1.82) is 0 Å². The summed E-state index contributed by atoms with van der Waals surface area (Å²) in [6.45, 7) is 3.15. The summed E-state index contributed by atoms with van der Waals surface area (Å²) in [7, 11) is 0. The van der Waals surface area contributed by atoms with E-state index in [-0.39, 0.29) is 30.2 Å². The second-order valence-corrected chi connectivity index (χ2v) is 6.51. The number of ether oxygens (including phenoxy) is 1. The molecular weight excluding hydrogens is 404 g/mol. The molecule has 1 amide bonds. The number of carbonyl (C=O) groups is 3. The van der Waals surface area contributed by atoms with Crippen LogP contribution in [0, 0.1) is 0 Å². The van der Waals surface area contributed by atoms with Crippen LogP contribution in [0.1, 0.15) is 24.2 Å². The highest BCUT2D eigenvalue weighted by Gasteiger charge is 2.31. The van der Waals surface area contributed by atoms with E-state index in [9.17, 15) is 24.6 Å². The number of rotatable bonds is 7. The molecule has 10 heteroatoms. The molecule has 0 fully saturated rings. The Balaban J connectivity index is 1.80. The number of hydrazone groups is 2. The van der Waals surface area contributed by atoms with Gasteiger partial charge in [-0.3, -0.25) is 15.0 Å². The highest BCUT2D eigenvalue weighted by atomic mass is 16.5. The molecule has 31 heavy (non-hydrogen) atoms. The normalized spacial score (nSPS) is 14.5. The molecule has 0 spiro atoms. The number of phenols is 1. The standard InChI is InChI=1S/C21H20N4O6/c1-3-31-17(26)11-25-20(28)18(12(2)24-25)23-22-14-7-4-6-13(10-14)15-8-5-9-16(19(15)27)21(29)30/h4-10,22,27H,3,11H2,1-2H3,(H,29,30). The van der Waals surface area contributed by atoms with E-state index in [4.69, 9.17) is 4.74 Å². The van der Waals surface area contributed by atoms with Gasteiger partial charge in [-0.15, -0.1) is 0 Å². The zero-order chi connectivity index (χ0) is 22.5. The van der Waals surface area contributed by atoms with Crippen LogP contribution >= 0.6 is 0 Å². The summed E-state index contributed by atoms with van der Waals surface area (Å²) in [5.41, 5.74) is 4.32. The number of aromatic hydroxyl groups is 1. The van der Waals surface area contributed by atoms with Crippen molar-refractivity contribution in [3.63, 3.8) is 0 Å². The lowest BCUT2D eigenvalue weighted by molar-refractivity contribution is -0.147. The minimum Gasteiger partial charge on any atom is -0.506 e. The minimum absolute atomic E-state index is 0.0467. The van der Waals surface area contributed by atoms with Gasteiger partial charge in [0.05, 0.1) is 18.0 Å². The fraction of sp³-hybridized carbons (Fsp3) is 0.190. The van der Waals surface area contributed by atoms with Crippen LogP contribution in [0.25, 0.3) is 11.1 Å². The van der Waals surface area contributed by atoms with Crippen molar-refractivity contribution in [2.75, 3.05) is 18.6 Å². The third-order valence-corrected chi connectivity index (χ3v) is 4.37. The van der Waals surface area contributed by atoms with Gasteiger partial charge in [0.15, 0.2) is 5.71 Å². The number of nitrogens with zero attached hydrogens (tertiary/aromatic N) is 3. The Morgan fingerprint density at radius 2 is 1.97 bits per heavy atom. The number of carbonyl (C=O) groups excluding carboxylic acids is 2. The Bertz CT molecular complexity index is 1110. The van der Waals surface area contributed by atoms with Crippen LogP contribution in [0.3, 0.4) is 0 Å². The second-order valence-electron chi connectivity index (χ2n) is 6.51. The molecule has 0 saturated heterocycles. The van der Waals surface area contributed by atoms with Gasteiger partial charge in [-0.25, -0.2) is 9.80 Å². The van der Waals surface area contributed by atoms with E-state index >= 15 is 0 Å². The number of amides is 1. The first-order valence-electron chi connectivity index (χ1n) is 9.34. The summed E-state index contributed by atoms with van der Waals surface area (Å²) in [6.07, 6.45) is 0. The lowest BCUT2D eigenvalue weighted by Crippen LogP contribution is -2.33. The highest BCUT2D eigenvalue weighted by molar-refractivity contribution is 6.68. The van der Waals surface area contributed by atoms with E-state index in [2.05, 4.69) is 15.6 Å². The molecule has 0 aliphatic carbocycles. The second kappa shape index (κ2) is 9.08. The Morgan fingerprint density at radius 1 is 1.23 bits per heavy atom. The number of hydrogen-bond donors (Lipinski definition) is 3. The maximum Gasteiger partial charge on any atom is 0.339 e. The number of anilines is 1. The maximum atomic E-state index is 12.5. The lowest BCUT2D eigenvalue weighted by Gasteiger charge is -2.10. The van der Waals surface area contributed by atoms with E-state index in [0.29, 0.717) is 22.5 Å². The largest absolute Gasteiger partial charge is 0.506 e. The van der Waals surface area contributed by atoms with Gasteiger partial charge in [-0.05, 0) is 37.6 Å². The van der Waals surface area contributed by atoms with E-state index in [1.807, 2.05) is 0 Å². The zero-order valence-corrected chi connectivity index (χ0v) is 16.8. The van der Waals surface area contributed by atoms with E-state index in [1.54, 1.807) is 44.2 Å². The van der Waals surface area contributed by atoms with Crippen molar-refractivity contribution in [3.8, 4) is 16.9 Å². The molecule has 1 aliphatic rings. The Hall–Kier alpha value is -4.21. The third kappa shape index (κ3) is 4.69. The first-order valence-corrected chi connectivity index (χ1v) is 9.34. The molecule has 160 valence electrons. The predicted octanol–water partition coefficient (Wildman–Crippen LogP) is 2.31. The lowest BCUT2D eigenvalue weighted by atomic mass is 10.0. The number of aromatic carboxylic acids is 1. The van der Waals surface area contributed by atoms with Gasteiger partial charge in [-0.2, -0.15) is 10.2 Å². The first-order chi connectivity index (χ1) is 14.8. The topological polar surface area (TPSA) is 141 Å². The minimum atomic E-state index is -1.23. The fourth-order valence-electron chi connectivity index (χ4n) is 2.94. The molecular formula is C21H20N4O6. The van der Waals surface area contributed by atoms with Crippen LogP contribution in [0.15, 0.2) is 52.7 Å². The smallest absolute Gasteiger partial charge is 0.339 e. The summed E-state index contributed by atoms with van der Waals surface area (Å²) >= 11 is 0. The van der Waals surface area contributed by atoms with Gasteiger partial charge in [0, 0.05) is 5.56 Å². The quantitative estimate of drug-likeness (QED) is 0.457. The first kappa shape index (κ1) is 21.5. The van der Waals surface area contributed by atoms with Crippen LogP contribution in [-0.2, 0) is 14.3 Å². The molecule has 0 bridgehead atoms. The Labute approximate surface area is 177 Å². The molecule has 3 N–H and O–H groups in total. The average molecular weight is 424 g/mol. The van der Waals surface area contributed by atoms with Crippen LogP contribution in [0.4, 0.5) is 5.69 Å². The van der Waals surface area contributed by atoms with Crippen molar-refractivity contribution in [2.24, 2.45) is 10.2 Å². The van der Waals surface area contributed by atoms with Gasteiger partial charge in [0.25, 0.3) is 5.91 Å². The molecule has 1 aliphatic heterocycles. The maximum absolute atomic E-state index is 12.5. The number of nitrogens with one attached hydrogen (secondary N) is 1. The number of carboxylic acids is 1. The molecule has 0 aromatic heterocycles. The average Bonchev–Trinajstić information content (AvgIpc) is 2.99. The van der Waals surface area contributed by atoms with Crippen molar-refractivity contribution >= 4 is 35.0 Å². The van der Waals surface area contributed by atoms with E-state index < -0.39 is 17.8 Å².